The number of hydrogen-bond acceptors (Lipinski definition) is 9. The molecule has 4 aromatic rings. The fourth-order valence-corrected chi connectivity index (χ4v) is 5.71. The Morgan fingerprint density at radius 1 is 1.07 bits per heavy atom. The first-order chi connectivity index (χ1) is 21.7. The number of amides is 1. The van der Waals surface area contributed by atoms with Gasteiger partial charge >= 0.3 is 0 Å². The van der Waals surface area contributed by atoms with Crippen LogP contribution in [0.2, 0.25) is 0 Å². The van der Waals surface area contributed by atoms with Gasteiger partial charge in [-0.05, 0) is 60.6 Å². The van der Waals surface area contributed by atoms with Crippen LogP contribution in [0.5, 0.6) is 5.75 Å². The highest BCUT2D eigenvalue weighted by atomic mass is 32.2. The highest BCUT2D eigenvalue weighted by Crippen LogP contribution is 2.50. The minimum absolute atomic E-state index is 0.119. The molecule has 1 saturated carbocycles. The van der Waals surface area contributed by atoms with Crippen molar-refractivity contribution in [1.82, 2.24) is 9.55 Å². The molecule has 0 atom stereocenters. The monoisotopic (exact) mass is 643 g/mol. The molecule has 46 heavy (non-hydrogen) atoms. The summed E-state index contributed by atoms with van der Waals surface area (Å²) in [5, 5.41) is 4.19. The van der Waals surface area contributed by atoms with E-state index in [1.54, 1.807) is 60.1 Å². The molecule has 13 heteroatoms. The summed E-state index contributed by atoms with van der Waals surface area (Å²) in [5.74, 6) is 6.14. The first kappa shape index (κ1) is 32.3. The van der Waals surface area contributed by atoms with Crippen LogP contribution in [0.4, 0.5) is 17.1 Å². The van der Waals surface area contributed by atoms with Gasteiger partial charge in [0, 0.05) is 24.4 Å². The second-order valence-electron chi connectivity index (χ2n) is 11.7. The normalized spacial score (nSPS) is 14.0. The van der Waals surface area contributed by atoms with Crippen molar-refractivity contribution >= 4 is 44.5 Å². The van der Waals surface area contributed by atoms with Crippen molar-refractivity contribution in [3.8, 4) is 5.75 Å². The first-order valence-corrected chi connectivity index (χ1v) is 16.4. The van der Waals surface area contributed by atoms with Crippen molar-refractivity contribution in [1.29, 1.82) is 0 Å². The molecule has 0 saturated heterocycles. The lowest BCUT2D eigenvalue weighted by Gasteiger charge is -2.21. The van der Waals surface area contributed by atoms with E-state index in [1.165, 1.54) is 24.5 Å². The summed E-state index contributed by atoms with van der Waals surface area (Å²) in [4.78, 5) is 30.8. The van der Waals surface area contributed by atoms with Crippen LogP contribution >= 0.6 is 0 Å². The molecular weight excluding hydrogens is 606 g/mol. The molecule has 12 nitrogen and oxygen atoms in total. The van der Waals surface area contributed by atoms with E-state index in [2.05, 4.69) is 21.9 Å². The number of ketones is 1. The lowest BCUT2D eigenvalue weighted by atomic mass is 9.96. The van der Waals surface area contributed by atoms with Gasteiger partial charge in [-0.2, -0.15) is 0 Å². The van der Waals surface area contributed by atoms with E-state index in [9.17, 15) is 18.0 Å². The van der Waals surface area contributed by atoms with E-state index in [4.69, 9.17) is 16.3 Å². The summed E-state index contributed by atoms with van der Waals surface area (Å²) < 4.78 is 33.9. The van der Waals surface area contributed by atoms with E-state index < -0.39 is 15.9 Å². The number of carbonyl (C=O) groups excluding carboxylic acids is 2. The largest absolute Gasteiger partial charge is 0.492 e. The number of aromatic nitrogens is 2. The summed E-state index contributed by atoms with van der Waals surface area (Å²) in [7, 11) is -0.514. The lowest BCUT2D eigenvalue weighted by Crippen LogP contribution is -2.27. The zero-order chi connectivity index (χ0) is 33.4. The number of benzene rings is 3. The molecule has 1 heterocycles. The standard InChI is InChI=1S/C33H37N7O5S/c1-20-11-12-22(32(42)37-25-16-23(33(2)13-14-33)17-26(30(25)45-4)38-46(5,43)44)15-27(20)40(35)19-24(34)28-18-36-31(39(28)3)29(41)21-9-7-6-8-10-21/h6-12,15-19,38H,13-14,34-35H2,1-5H3,(H,37,42)/b24-19-. The predicted octanol–water partition coefficient (Wildman–Crippen LogP) is 4.28. The third-order valence-electron chi connectivity index (χ3n) is 8.08. The van der Waals surface area contributed by atoms with Crippen molar-refractivity contribution < 1.29 is 22.7 Å². The molecule has 0 spiro atoms. The number of hydrazine groups is 1. The van der Waals surface area contributed by atoms with Crippen molar-refractivity contribution in [3.63, 3.8) is 0 Å². The Morgan fingerprint density at radius 2 is 1.74 bits per heavy atom. The summed E-state index contributed by atoms with van der Waals surface area (Å²) in [6.45, 7) is 3.92. The van der Waals surface area contributed by atoms with Crippen molar-refractivity contribution in [2.75, 3.05) is 28.4 Å². The lowest BCUT2D eigenvalue weighted by molar-refractivity contribution is 0.101. The van der Waals surface area contributed by atoms with Crippen LogP contribution in [0.1, 0.15) is 63.1 Å². The van der Waals surface area contributed by atoms with Crippen LogP contribution in [0, 0.1) is 6.92 Å². The number of sulfonamides is 1. The van der Waals surface area contributed by atoms with Crippen LogP contribution in [0.25, 0.3) is 5.70 Å². The number of ether oxygens (including phenoxy) is 1. The molecule has 0 radical (unpaired) electrons. The second-order valence-corrected chi connectivity index (χ2v) is 13.5. The number of imidazole rings is 1. The fourth-order valence-electron chi connectivity index (χ4n) is 5.16. The molecular formula is C33H37N7O5S. The van der Waals surface area contributed by atoms with Gasteiger partial charge in [-0.3, -0.25) is 19.3 Å². The number of nitrogens with zero attached hydrogens (tertiary/aromatic N) is 3. The molecule has 1 fully saturated rings. The molecule has 1 aliphatic rings. The quantitative estimate of drug-likeness (QED) is 0.106. The zero-order valence-electron chi connectivity index (χ0n) is 26.3. The van der Waals surface area contributed by atoms with Crippen LogP contribution in [-0.2, 0) is 22.5 Å². The van der Waals surface area contributed by atoms with Gasteiger partial charge in [0.1, 0.15) is 0 Å². The van der Waals surface area contributed by atoms with E-state index in [0.29, 0.717) is 28.2 Å². The molecule has 0 bridgehead atoms. The Morgan fingerprint density at radius 3 is 2.37 bits per heavy atom. The van der Waals surface area contributed by atoms with Crippen molar-refractivity contribution in [3.05, 3.63) is 107 Å². The Balaban J connectivity index is 1.41. The van der Waals surface area contributed by atoms with E-state index >= 15 is 0 Å². The van der Waals surface area contributed by atoms with Crippen LogP contribution in [0.15, 0.2) is 73.1 Å². The predicted molar refractivity (Wildman–Crippen MR) is 179 cm³/mol. The number of nitrogens with two attached hydrogens (primary N) is 2. The van der Waals surface area contributed by atoms with Gasteiger partial charge in [0.25, 0.3) is 5.91 Å². The topological polar surface area (TPSA) is 175 Å². The summed E-state index contributed by atoms with van der Waals surface area (Å²) in [6, 6.07) is 17.4. The van der Waals surface area contributed by atoms with Gasteiger partial charge < -0.3 is 20.4 Å². The Labute approximate surface area is 268 Å². The molecule has 5 rings (SSSR count). The van der Waals surface area contributed by atoms with Gasteiger partial charge in [0.15, 0.2) is 11.6 Å². The maximum absolute atomic E-state index is 13.6. The van der Waals surface area contributed by atoms with Crippen molar-refractivity contribution in [2.45, 2.75) is 32.1 Å². The third kappa shape index (κ3) is 6.75. The highest BCUT2D eigenvalue weighted by molar-refractivity contribution is 7.92. The molecule has 6 N–H and O–H groups in total. The number of rotatable bonds is 11. The molecule has 1 amide bonds. The molecule has 0 aliphatic heterocycles. The number of nitrogens with one attached hydrogen (secondary N) is 2. The third-order valence-corrected chi connectivity index (χ3v) is 8.67. The smallest absolute Gasteiger partial charge is 0.255 e. The number of carbonyl (C=O) groups is 2. The number of anilines is 3. The zero-order valence-corrected chi connectivity index (χ0v) is 27.1. The second kappa shape index (κ2) is 12.3. The van der Waals surface area contributed by atoms with E-state index in [-0.39, 0.29) is 34.2 Å². The number of aryl methyl sites for hydroxylation is 1. The van der Waals surface area contributed by atoms with Crippen molar-refractivity contribution in [2.24, 2.45) is 18.6 Å². The number of methoxy groups -OCH3 is 1. The molecule has 3 aromatic carbocycles. The average Bonchev–Trinajstić information content (AvgIpc) is 3.64. The van der Waals surface area contributed by atoms with E-state index in [1.807, 2.05) is 19.1 Å². The minimum Gasteiger partial charge on any atom is -0.492 e. The molecule has 240 valence electrons. The van der Waals surface area contributed by atoms with Crippen LogP contribution in [-0.4, -0.2) is 43.0 Å². The van der Waals surface area contributed by atoms with E-state index in [0.717, 1.165) is 30.2 Å². The van der Waals surface area contributed by atoms with Crippen LogP contribution in [0.3, 0.4) is 0 Å². The highest BCUT2D eigenvalue weighted by Gasteiger charge is 2.40. The maximum Gasteiger partial charge on any atom is 0.255 e. The average molecular weight is 644 g/mol. The summed E-state index contributed by atoms with van der Waals surface area (Å²) in [6.07, 6.45) is 5.94. The van der Waals surface area contributed by atoms with Gasteiger partial charge in [-0.25, -0.2) is 19.2 Å². The summed E-state index contributed by atoms with van der Waals surface area (Å²) in [5.41, 5.74) is 10.6. The van der Waals surface area contributed by atoms with Gasteiger partial charge in [-0.15, -0.1) is 0 Å². The Bertz CT molecular complexity index is 1970. The first-order valence-electron chi connectivity index (χ1n) is 14.5. The van der Waals surface area contributed by atoms with Gasteiger partial charge in [0.05, 0.1) is 48.0 Å². The molecule has 1 aliphatic carbocycles. The SMILES string of the molecule is COc1c(NC(=O)c2ccc(C)c(N(N)/C=C(\N)c3cnc(C(=O)c4ccccc4)n3C)c2)cc(C2(C)CC2)cc1NS(C)(=O)=O. The molecule has 1 aromatic heterocycles. The molecule has 0 unspecified atom stereocenters. The van der Waals surface area contributed by atoms with Gasteiger partial charge in [0.2, 0.25) is 15.8 Å². The summed E-state index contributed by atoms with van der Waals surface area (Å²) >= 11 is 0. The Hall–Kier alpha value is -5.14. The van der Waals surface area contributed by atoms with Crippen LogP contribution < -0.4 is 31.4 Å². The fraction of sp³-hybridized carbons (Fsp3) is 0.242. The minimum atomic E-state index is -3.62. The Kier molecular flexibility index (Phi) is 8.65. The maximum atomic E-state index is 13.6. The van der Waals surface area contributed by atoms with Gasteiger partial charge in [-0.1, -0.05) is 43.3 Å². The number of hydrogen-bond donors (Lipinski definition) is 4.